The van der Waals surface area contributed by atoms with Crippen LogP contribution in [0.15, 0.2) is 18.3 Å². The summed E-state index contributed by atoms with van der Waals surface area (Å²) in [5, 5.41) is 0.711. The fourth-order valence-corrected chi connectivity index (χ4v) is 1.35. The molecule has 0 aromatic carbocycles. The van der Waals surface area contributed by atoms with E-state index in [0.717, 1.165) is 4.59 Å². The third kappa shape index (κ3) is 1.98. The summed E-state index contributed by atoms with van der Waals surface area (Å²) in [6.45, 7) is 0. The molecule has 0 amide bonds. The molecule has 0 spiro atoms. The van der Waals surface area contributed by atoms with E-state index in [1.165, 1.54) is 0 Å². The molecule has 3 heteroatoms. The first-order chi connectivity index (χ1) is 4.33. The topological polar surface area (TPSA) is 12.9 Å². The Hall–Kier alpha value is -0.0405. The Balaban J connectivity index is 2.88. The molecule has 0 N–H and O–H groups in total. The third-order valence-electron chi connectivity index (χ3n) is 0.909. The standard InChI is InChI=1S/C6H6ClNSe/c1-9-6-3-2-5(7)4-8-6/h2-4H,1H3. The van der Waals surface area contributed by atoms with Gasteiger partial charge in [-0.25, -0.2) is 0 Å². The number of halogens is 1. The van der Waals surface area contributed by atoms with Gasteiger partial charge in [-0.3, -0.25) is 0 Å². The Morgan fingerprint density at radius 1 is 1.56 bits per heavy atom. The summed E-state index contributed by atoms with van der Waals surface area (Å²) in [7, 11) is 0. The molecule has 0 aliphatic heterocycles. The van der Waals surface area contributed by atoms with Gasteiger partial charge in [-0.2, -0.15) is 0 Å². The molecule has 1 rings (SSSR count). The van der Waals surface area contributed by atoms with E-state index in [4.69, 9.17) is 11.6 Å². The van der Waals surface area contributed by atoms with E-state index in [-0.39, 0.29) is 0 Å². The fourth-order valence-electron chi connectivity index (χ4n) is 0.483. The summed E-state index contributed by atoms with van der Waals surface area (Å²) < 4.78 is 1.15. The van der Waals surface area contributed by atoms with Crippen molar-refractivity contribution in [1.82, 2.24) is 4.98 Å². The quantitative estimate of drug-likeness (QED) is 0.628. The molecule has 0 unspecified atom stereocenters. The van der Waals surface area contributed by atoms with Crippen molar-refractivity contribution < 1.29 is 0 Å². The summed E-state index contributed by atoms with van der Waals surface area (Å²) in [5.74, 6) is 2.13. The van der Waals surface area contributed by atoms with E-state index in [0.29, 0.717) is 20.0 Å². The van der Waals surface area contributed by atoms with Gasteiger partial charge in [-0.1, -0.05) is 0 Å². The van der Waals surface area contributed by atoms with Crippen LogP contribution in [0.4, 0.5) is 0 Å². The molecule has 48 valence electrons. The van der Waals surface area contributed by atoms with Crippen molar-refractivity contribution >= 4 is 31.2 Å². The second-order valence-corrected chi connectivity index (χ2v) is 3.69. The van der Waals surface area contributed by atoms with Gasteiger partial charge in [0.25, 0.3) is 0 Å². The Labute approximate surface area is 65.6 Å². The van der Waals surface area contributed by atoms with E-state index in [1.807, 2.05) is 12.1 Å². The van der Waals surface area contributed by atoms with Gasteiger partial charge < -0.3 is 0 Å². The summed E-state index contributed by atoms with van der Waals surface area (Å²) in [6, 6.07) is 3.83. The molecule has 1 aromatic rings. The maximum atomic E-state index is 5.61. The van der Waals surface area contributed by atoms with Gasteiger partial charge in [0.2, 0.25) is 0 Å². The molecule has 0 aliphatic rings. The Morgan fingerprint density at radius 2 is 2.33 bits per heavy atom. The van der Waals surface area contributed by atoms with Crippen molar-refractivity contribution in [3.05, 3.63) is 23.4 Å². The maximum absolute atomic E-state index is 5.61. The first-order valence-electron chi connectivity index (χ1n) is 2.48. The molecule has 0 aliphatic carbocycles. The normalized spacial score (nSPS) is 9.56. The number of aromatic nitrogens is 1. The van der Waals surface area contributed by atoms with Crippen molar-refractivity contribution in [1.29, 1.82) is 0 Å². The fraction of sp³-hybridized carbons (Fsp3) is 0.167. The number of rotatable bonds is 1. The molecule has 1 heterocycles. The monoisotopic (exact) mass is 207 g/mol. The first kappa shape index (κ1) is 7.07. The molecule has 0 bridgehead atoms. The molecular formula is C6H6ClNSe. The SMILES string of the molecule is C[Se]c1ccc(Cl)cn1. The molecule has 0 atom stereocenters. The zero-order valence-electron chi connectivity index (χ0n) is 4.97. The van der Waals surface area contributed by atoms with Crippen LogP contribution in [0.2, 0.25) is 10.8 Å². The summed E-state index contributed by atoms with van der Waals surface area (Å²) in [4.78, 5) is 4.09. The number of hydrogen-bond acceptors (Lipinski definition) is 1. The van der Waals surface area contributed by atoms with Gasteiger partial charge in [-0.05, 0) is 0 Å². The molecule has 0 radical (unpaired) electrons. The van der Waals surface area contributed by atoms with Crippen LogP contribution in [-0.2, 0) is 0 Å². The predicted octanol–water partition coefficient (Wildman–Crippen LogP) is 1.11. The van der Waals surface area contributed by atoms with Gasteiger partial charge >= 0.3 is 65.3 Å². The molecule has 9 heavy (non-hydrogen) atoms. The minimum absolute atomic E-state index is 0.491. The average molecular weight is 207 g/mol. The van der Waals surface area contributed by atoms with Crippen LogP contribution in [0.5, 0.6) is 0 Å². The second kappa shape index (κ2) is 3.21. The van der Waals surface area contributed by atoms with Crippen molar-refractivity contribution in [2.45, 2.75) is 5.82 Å². The van der Waals surface area contributed by atoms with Crippen LogP contribution >= 0.6 is 11.6 Å². The van der Waals surface area contributed by atoms with Gasteiger partial charge in [0.05, 0.1) is 0 Å². The van der Waals surface area contributed by atoms with Crippen LogP contribution in [0, 0.1) is 0 Å². The van der Waals surface area contributed by atoms with Crippen molar-refractivity contribution in [3.63, 3.8) is 0 Å². The minimum atomic E-state index is 0.491. The zero-order chi connectivity index (χ0) is 6.69. The van der Waals surface area contributed by atoms with Gasteiger partial charge in [0, 0.05) is 0 Å². The molecule has 1 nitrogen and oxygen atoms in total. The summed E-state index contributed by atoms with van der Waals surface area (Å²) >= 11 is 6.10. The number of nitrogens with zero attached hydrogens (tertiary/aromatic N) is 1. The summed E-state index contributed by atoms with van der Waals surface area (Å²) in [5.41, 5.74) is 0. The van der Waals surface area contributed by atoms with Crippen LogP contribution in [-0.4, -0.2) is 19.9 Å². The van der Waals surface area contributed by atoms with Gasteiger partial charge in [0.15, 0.2) is 0 Å². The van der Waals surface area contributed by atoms with E-state index < -0.39 is 0 Å². The van der Waals surface area contributed by atoms with Crippen molar-refractivity contribution in [2.24, 2.45) is 0 Å². The van der Waals surface area contributed by atoms with Crippen LogP contribution in [0.3, 0.4) is 0 Å². The van der Waals surface area contributed by atoms with Crippen molar-refractivity contribution in [2.75, 3.05) is 0 Å². The average Bonchev–Trinajstić information content (AvgIpc) is 1.90. The molecule has 1 aromatic heterocycles. The van der Waals surface area contributed by atoms with E-state index in [2.05, 4.69) is 10.8 Å². The van der Waals surface area contributed by atoms with Crippen LogP contribution < -0.4 is 4.59 Å². The van der Waals surface area contributed by atoms with Crippen LogP contribution in [0.25, 0.3) is 0 Å². The molecular weight excluding hydrogens is 200 g/mol. The molecule has 0 saturated carbocycles. The Kier molecular flexibility index (Phi) is 2.52. The second-order valence-electron chi connectivity index (χ2n) is 1.52. The first-order valence-corrected chi connectivity index (χ1v) is 5.43. The Bertz CT molecular complexity index is 185. The molecule has 0 saturated heterocycles. The van der Waals surface area contributed by atoms with E-state index in [9.17, 15) is 0 Å². The van der Waals surface area contributed by atoms with Gasteiger partial charge in [0.1, 0.15) is 0 Å². The predicted molar refractivity (Wildman–Crippen MR) is 40.5 cm³/mol. The summed E-state index contributed by atoms with van der Waals surface area (Å²) in [6.07, 6.45) is 1.68. The number of pyridine rings is 1. The van der Waals surface area contributed by atoms with Crippen LogP contribution in [0.1, 0.15) is 0 Å². The zero-order valence-corrected chi connectivity index (χ0v) is 7.43. The third-order valence-corrected chi connectivity index (χ3v) is 2.52. The van der Waals surface area contributed by atoms with Crippen molar-refractivity contribution in [3.8, 4) is 0 Å². The number of hydrogen-bond donors (Lipinski definition) is 0. The Morgan fingerprint density at radius 3 is 2.78 bits per heavy atom. The van der Waals surface area contributed by atoms with E-state index in [1.54, 1.807) is 6.20 Å². The molecule has 0 fully saturated rings. The van der Waals surface area contributed by atoms with Gasteiger partial charge in [-0.15, -0.1) is 0 Å². The van der Waals surface area contributed by atoms with E-state index >= 15 is 0 Å².